The summed E-state index contributed by atoms with van der Waals surface area (Å²) in [6, 6.07) is 9.00. The van der Waals surface area contributed by atoms with Crippen molar-refractivity contribution in [3.63, 3.8) is 0 Å². The van der Waals surface area contributed by atoms with Crippen LogP contribution in [0.4, 0.5) is 0 Å². The summed E-state index contributed by atoms with van der Waals surface area (Å²) in [4.78, 5) is 34.1. The molecule has 0 aliphatic rings. The van der Waals surface area contributed by atoms with Gasteiger partial charge in [0.25, 0.3) is 0 Å². The van der Waals surface area contributed by atoms with E-state index in [4.69, 9.17) is 0 Å². The zero-order valence-electron chi connectivity index (χ0n) is 11.6. The van der Waals surface area contributed by atoms with Gasteiger partial charge < -0.3 is 10.1 Å². The fourth-order valence-corrected chi connectivity index (χ4v) is 1.67. The molecular formula is C15H19NO4. The molecule has 0 aromatic heterocycles. The van der Waals surface area contributed by atoms with Crippen molar-refractivity contribution in [1.82, 2.24) is 5.32 Å². The summed E-state index contributed by atoms with van der Waals surface area (Å²) in [6.45, 7) is 0.262. The smallest absolute Gasteiger partial charge is 0.307 e. The Hall–Kier alpha value is -2.17. The second kappa shape index (κ2) is 8.85. The molecule has 1 amide bonds. The van der Waals surface area contributed by atoms with Gasteiger partial charge >= 0.3 is 5.97 Å². The predicted molar refractivity (Wildman–Crippen MR) is 74.3 cm³/mol. The number of ketones is 1. The van der Waals surface area contributed by atoms with Gasteiger partial charge in [0.1, 0.15) is 0 Å². The summed E-state index contributed by atoms with van der Waals surface area (Å²) in [7, 11) is 1.30. The van der Waals surface area contributed by atoms with Gasteiger partial charge in [0.05, 0.1) is 13.5 Å². The molecule has 20 heavy (non-hydrogen) atoms. The molecule has 0 heterocycles. The van der Waals surface area contributed by atoms with Gasteiger partial charge in [0, 0.05) is 24.9 Å². The van der Waals surface area contributed by atoms with E-state index in [0.717, 1.165) is 0 Å². The Kier molecular flexibility index (Phi) is 7.03. The van der Waals surface area contributed by atoms with Gasteiger partial charge in [0.2, 0.25) is 5.91 Å². The molecule has 0 saturated heterocycles. The van der Waals surface area contributed by atoms with Gasteiger partial charge in [-0.2, -0.15) is 0 Å². The summed E-state index contributed by atoms with van der Waals surface area (Å²) in [6.07, 6.45) is 1.27. The van der Waals surface area contributed by atoms with Gasteiger partial charge in [-0.05, 0) is 6.42 Å². The first-order chi connectivity index (χ1) is 9.63. The van der Waals surface area contributed by atoms with Crippen LogP contribution < -0.4 is 5.32 Å². The lowest BCUT2D eigenvalue weighted by molar-refractivity contribution is -0.140. The van der Waals surface area contributed by atoms with Crippen LogP contribution in [0.1, 0.15) is 36.0 Å². The zero-order valence-corrected chi connectivity index (χ0v) is 11.6. The van der Waals surface area contributed by atoms with E-state index in [1.165, 1.54) is 7.11 Å². The van der Waals surface area contributed by atoms with Crippen LogP contribution in [0.15, 0.2) is 30.3 Å². The maximum atomic E-state index is 11.8. The SMILES string of the molecule is COC(=O)CCNC(=O)CCCC(=O)c1ccccc1. The summed E-state index contributed by atoms with van der Waals surface area (Å²) in [5.41, 5.74) is 0.665. The molecule has 0 bridgehead atoms. The third-order valence-electron chi connectivity index (χ3n) is 2.78. The average molecular weight is 277 g/mol. The van der Waals surface area contributed by atoms with Gasteiger partial charge in [0.15, 0.2) is 5.78 Å². The Morgan fingerprint density at radius 2 is 1.75 bits per heavy atom. The standard InChI is InChI=1S/C15H19NO4/c1-20-15(19)10-11-16-14(18)9-5-8-13(17)12-6-3-2-4-7-12/h2-4,6-7H,5,8-11H2,1H3,(H,16,18). The number of nitrogens with one attached hydrogen (secondary N) is 1. The Labute approximate surface area is 118 Å². The number of esters is 1. The molecular weight excluding hydrogens is 258 g/mol. The lowest BCUT2D eigenvalue weighted by atomic mass is 10.1. The molecule has 0 aliphatic carbocycles. The Morgan fingerprint density at radius 1 is 1.05 bits per heavy atom. The number of ether oxygens (including phenoxy) is 1. The van der Waals surface area contributed by atoms with E-state index in [2.05, 4.69) is 10.1 Å². The number of hydrogen-bond donors (Lipinski definition) is 1. The zero-order chi connectivity index (χ0) is 14.8. The van der Waals surface area contributed by atoms with Crippen LogP contribution in [-0.2, 0) is 14.3 Å². The molecule has 0 fully saturated rings. The van der Waals surface area contributed by atoms with Crippen molar-refractivity contribution in [2.24, 2.45) is 0 Å². The van der Waals surface area contributed by atoms with Crippen molar-refractivity contribution in [3.8, 4) is 0 Å². The maximum Gasteiger partial charge on any atom is 0.307 e. The lowest BCUT2D eigenvalue weighted by Gasteiger charge is -2.04. The van der Waals surface area contributed by atoms with Crippen LogP contribution in [0.2, 0.25) is 0 Å². The summed E-state index contributed by atoms with van der Waals surface area (Å²) in [5.74, 6) is -0.479. The molecule has 0 atom stereocenters. The highest BCUT2D eigenvalue weighted by atomic mass is 16.5. The molecule has 1 rings (SSSR count). The molecule has 0 spiro atoms. The van der Waals surface area contributed by atoms with Crippen LogP contribution in [0.3, 0.4) is 0 Å². The molecule has 5 heteroatoms. The number of methoxy groups -OCH3 is 1. The van der Waals surface area contributed by atoms with Gasteiger partial charge in [-0.1, -0.05) is 30.3 Å². The molecule has 0 saturated carbocycles. The Morgan fingerprint density at radius 3 is 2.40 bits per heavy atom. The first kappa shape index (κ1) is 15.9. The van der Waals surface area contributed by atoms with Crippen LogP contribution in [-0.4, -0.2) is 31.3 Å². The van der Waals surface area contributed by atoms with Crippen molar-refractivity contribution in [2.45, 2.75) is 25.7 Å². The van der Waals surface area contributed by atoms with E-state index >= 15 is 0 Å². The highest BCUT2D eigenvalue weighted by molar-refractivity contribution is 5.96. The van der Waals surface area contributed by atoms with E-state index in [1.807, 2.05) is 18.2 Å². The first-order valence-corrected chi connectivity index (χ1v) is 6.55. The molecule has 0 unspecified atom stereocenters. The highest BCUT2D eigenvalue weighted by Gasteiger charge is 2.07. The fourth-order valence-electron chi connectivity index (χ4n) is 1.67. The van der Waals surface area contributed by atoms with Crippen molar-refractivity contribution in [3.05, 3.63) is 35.9 Å². The molecule has 5 nitrogen and oxygen atoms in total. The molecule has 1 aromatic rings. The lowest BCUT2D eigenvalue weighted by Crippen LogP contribution is -2.26. The minimum absolute atomic E-state index is 0.0351. The molecule has 0 radical (unpaired) electrons. The number of amides is 1. The van der Waals surface area contributed by atoms with Crippen molar-refractivity contribution in [1.29, 1.82) is 0 Å². The summed E-state index contributed by atoms with van der Waals surface area (Å²) in [5, 5.41) is 2.61. The van der Waals surface area contributed by atoms with E-state index < -0.39 is 0 Å². The maximum absolute atomic E-state index is 11.8. The van der Waals surface area contributed by atoms with Gasteiger partial charge in [-0.3, -0.25) is 14.4 Å². The normalized spacial score (nSPS) is 9.85. The molecule has 0 aliphatic heterocycles. The monoisotopic (exact) mass is 277 g/mol. The molecule has 1 aromatic carbocycles. The van der Waals surface area contributed by atoms with Crippen LogP contribution in [0.25, 0.3) is 0 Å². The van der Waals surface area contributed by atoms with E-state index in [0.29, 0.717) is 18.4 Å². The highest BCUT2D eigenvalue weighted by Crippen LogP contribution is 2.06. The number of rotatable bonds is 8. The number of hydrogen-bond acceptors (Lipinski definition) is 4. The quantitative estimate of drug-likeness (QED) is 0.580. The van der Waals surface area contributed by atoms with E-state index in [-0.39, 0.29) is 37.0 Å². The third-order valence-corrected chi connectivity index (χ3v) is 2.78. The predicted octanol–water partition coefficient (Wildman–Crippen LogP) is 1.72. The fraction of sp³-hybridized carbons (Fsp3) is 0.400. The average Bonchev–Trinajstić information content (AvgIpc) is 2.47. The van der Waals surface area contributed by atoms with Crippen LogP contribution in [0.5, 0.6) is 0 Å². The van der Waals surface area contributed by atoms with E-state index in [1.54, 1.807) is 12.1 Å². The minimum atomic E-state index is -0.357. The number of carbonyl (C=O) groups is 3. The first-order valence-electron chi connectivity index (χ1n) is 6.55. The topological polar surface area (TPSA) is 72.5 Å². The number of carbonyl (C=O) groups excluding carboxylic acids is 3. The van der Waals surface area contributed by atoms with Crippen molar-refractivity contribution >= 4 is 17.7 Å². The van der Waals surface area contributed by atoms with Gasteiger partial charge in [-0.15, -0.1) is 0 Å². The second-order valence-electron chi connectivity index (χ2n) is 4.32. The van der Waals surface area contributed by atoms with Crippen LogP contribution >= 0.6 is 0 Å². The summed E-state index contributed by atoms with van der Waals surface area (Å²) >= 11 is 0. The van der Waals surface area contributed by atoms with Crippen molar-refractivity contribution in [2.75, 3.05) is 13.7 Å². The third kappa shape index (κ3) is 6.13. The van der Waals surface area contributed by atoms with Gasteiger partial charge in [-0.25, -0.2) is 0 Å². The Balaban J connectivity index is 2.16. The Bertz CT molecular complexity index is 456. The largest absolute Gasteiger partial charge is 0.469 e. The number of Topliss-reactive ketones (excluding diaryl/α,β-unsaturated/α-hetero) is 1. The van der Waals surface area contributed by atoms with Crippen LogP contribution in [0, 0.1) is 0 Å². The number of benzene rings is 1. The van der Waals surface area contributed by atoms with Crippen molar-refractivity contribution < 1.29 is 19.1 Å². The van der Waals surface area contributed by atoms with E-state index in [9.17, 15) is 14.4 Å². The summed E-state index contributed by atoms with van der Waals surface area (Å²) < 4.78 is 4.46. The molecule has 1 N–H and O–H groups in total. The minimum Gasteiger partial charge on any atom is -0.469 e. The second-order valence-corrected chi connectivity index (χ2v) is 4.32. The molecule has 108 valence electrons.